The number of halogens is 2. The number of hydrogen-bond donors (Lipinski definition) is 1. The Morgan fingerprint density at radius 1 is 1.17 bits per heavy atom. The Labute approximate surface area is 150 Å². The fraction of sp³-hybridized carbons (Fsp3) is 0.0588. The molecule has 0 radical (unpaired) electrons. The van der Waals surface area contributed by atoms with Crippen molar-refractivity contribution in [2.75, 3.05) is 7.11 Å². The minimum Gasteiger partial charge on any atom is -0.494 e. The van der Waals surface area contributed by atoms with Crippen LogP contribution in [-0.4, -0.2) is 18.2 Å². The van der Waals surface area contributed by atoms with E-state index in [1.165, 1.54) is 12.1 Å². The Hall–Kier alpha value is -2.10. The van der Waals surface area contributed by atoms with Crippen molar-refractivity contribution < 1.29 is 14.6 Å². The van der Waals surface area contributed by atoms with Crippen LogP contribution < -0.4 is 4.74 Å². The van der Waals surface area contributed by atoms with E-state index in [1.54, 1.807) is 25.3 Å². The predicted octanol–water partition coefficient (Wildman–Crippen LogP) is 4.98. The number of nitrogens with zero attached hydrogens (tertiary/aromatic N) is 1. The molecule has 0 amide bonds. The Bertz CT molecular complexity index is 798. The molecular weight excluding hydrogens is 426 g/mol. The lowest BCUT2D eigenvalue weighted by Gasteiger charge is -2.08. The zero-order valence-corrected chi connectivity index (χ0v) is 15.2. The van der Waals surface area contributed by atoms with Crippen molar-refractivity contribution in [3.8, 4) is 11.8 Å². The fourth-order valence-electron chi connectivity index (χ4n) is 2.00. The summed E-state index contributed by atoms with van der Waals surface area (Å²) in [6.07, 6.45) is 1.73. The first-order chi connectivity index (χ1) is 11.0. The van der Waals surface area contributed by atoms with Gasteiger partial charge in [-0.1, -0.05) is 12.1 Å². The number of methoxy groups -OCH3 is 1. The van der Waals surface area contributed by atoms with Crippen molar-refractivity contribution in [3.05, 3.63) is 62.0 Å². The minimum absolute atomic E-state index is 0.181. The largest absolute Gasteiger partial charge is 0.494 e. The molecule has 2 aromatic rings. The highest BCUT2D eigenvalue weighted by molar-refractivity contribution is 9.11. The molecule has 1 N–H and O–H groups in total. The van der Waals surface area contributed by atoms with Crippen molar-refractivity contribution >= 4 is 49.5 Å². The van der Waals surface area contributed by atoms with Gasteiger partial charge >= 0.3 is 5.97 Å². The van der Waals surface area contributed by atoms with Gasteiger partial charge in [0.15, 0.2) is 0 Å². The number of carboxylic acids is 1. The summed E-state index contributed by atoms with van der Waals surface area (Å²) in [5.41, 5.74) is 2.08. The summed E-state index contributed by atoms with van der Waals surface area (Å²) in [7, 11) is 1.57. The number of aromatic carboxylic acids is 1. The number of hydrogen-bond acceptors (Lipinski definition) is 3. The highest BCUT2D eigenvalue weighted by atomic mass is 79.9. The molecule has 0 aromatic heterocycles. The van der Waals surface area contributed by atoms with Crippen molar-refractivity contribution in [1.29, 1.82) is 5.26 Å². The number of carbonyl (C=O) groups is 1. The maximum Gasteiger partial charge on any atom is 0.335 e. The molecule has 0 aliphatic rings. The number of nitriles is 1. The normalized spacial score (nSPS) is 11.0. The average molecular weight is 437 g/mol. The van der Waals surface area contributed by atoms with Gasteiger partial charge in [-0.2, -0.15) is 5.26 Å². The van der Waals surface area contributed by atoms with E-state index in [9.17, 15) is 10.1 Å². The van der Waals surface area contributed by atoms with Gasteiger partial charge in [0.2, 0.25) is 0 Å². The van der Waals surface area contributed by atoms with Crippen LogP contribution in [0.2, 0.25) is 0 Å². The van der Waals surface area contributed by atoms with Crippen LogP contribution in [0.4, 0.5) is 0 Å². The van der Waals surface area contributed by atoms with Crippen molar-refractivity contribution in [3.63, 3.8) is 0 Å². The summed E-state index contributed by atoms with van der Waals surface area (Å²) in [5, 5.41) is 18.3. The second-order valence-electron chi connectivity index (χ2n) is 4.57. The quantitative estimate of drug-likeness (QED) is 0.541. The van der Waals surface area contributed by atoms with E-state index in [0.29, 0.717) is 16.9 Å². The van der Waals surface area contributed by atoms with Gasteiger partial charge < -0.3 is 9.84 Å². The molecule has 6 heteroatoms. The van der Waals surface area contributed by atoms with Gasteiger partial charge in [0.1, 0.15) is 5.75 Å². The lowest BCUT2D eigenvalue weighted by molar-refractivity contribution is 0.0697. The van der Waals surface area contributed by atoms with E-state index in [1.807, 2.05) is 12.1 Å². The molecule has 116 valence electrons. The standard InChI is InChI=1S/C17H11Br2NO3/c1-23-16-14(18)7-10(8-15(16)19)6-13(9-20)11-2-4-12(5-3-11)17(21)22/h2-8H,1H3,(H,21,22)/b13-6-. The zero-order chi connectivity index (χ0) is 17.0. The molecule has 0 saturated heterocycles. The number of benzene rings is 2. The Morgan fingerprint density at radius 2 is 1.70 bits per heavy atom. The third-order valence-electron chi connectivity index (χ3n) is 3.10. The molecule has 4 nitrogen and oxygen atoms in total. The molecule has 0 bridgehead atoms. The molecule has 0 fully saturated rings. The fourth-order valence-corrected chi connectivity index (χ4v) is 3.54. The van der Waals surface area contributed by atoms with Crippen LogP contribution in [-0.2, 0) is 0 Å². The van der Waals surface area contributed by atoms with Gasteiger partial charge in [-0.3, -0.25) is 0 Å². The predicted molar refractivity (Wildman–Crippen MR) is 95.3 cm³/mol. The summed E-state index contributed by atoms with van der Waals surface area (Å²) in [4.78, 5) is 10.9. The van der Waals surface area contributed by atoms with E-state index in [-0.39, 0.29) is 5.56 Å². The lowest BCUT2D eigenvalue weighted by Crippen LogP contribution is -1.95. The molecule has 0 spiro atoms. The Kier molecular flexibility index (Phi) is 5.59. The van der Waals surface area contributed by atoms with Gasteiger partial charge in [-0.15, -0.1) is 0 Å². The van der Waals surface area contributed by atoms with Crippen molar-refractivity contribution in [2.24, 2.45) is 0 Å². The van der Waals surface area contributed by atoms with Crippen LogP contribution in [0, 0.1) is 11.3 Å². The second kappa shape index (κ2) is 7.44. The van der Waals surface area contributed by atoms with Crippen LogP contribution in [0.1, 0.15) is 21.5 Å². The first kappa shape index (κ1) is 17.3. The lowest BCUT2D eigenvalue weighted by atomic mass is 10.0. The summed E-state index contributed by atoms with van der Waals surface area (Å²) in [6, 6.07) is 12.0. The molecule has 2 rings (SSSR count). The van der Waals surface area contributed by atoms with E-state index < -0.39 is 5.97 Å². The maximum absolute atomic E-state index is 10.9. The van der Waals surface area contributed by atoms with E-state index in [2.05, 4.69) is 37.9 Å². The van der Waals surface area contributed by atoms with E-state index >= 15 is 0 Å². The van der Waals surface area contributed by atoms with Gasteiger partial charge in [-0.05, 0) is 73.3 Å². The Balaban J connectivity index is 2.43. The minimum atomic E-state index is -0.998. The van der Waals surface area contributed by atoms with Crippen molar-refractivity contribution in [2.45, 2.75) is 0 Å². The van der Waals surface area contributed by atoms with Gasteiger partial charge in [0.25, 0.3) is 0 Å². The summed E-state index contributed by atoms with van der Waals surface area (Å²) >= 11 is 6.84. The summed E-state index contributed by atoms with van der Waals surface area (Å²) in [5.74, 6) is -0.325. The molecule has 0 aliphatic carbocycles. The van der Waals surface area contributed by atoms with Gasteiger partial charge in [0.05, 0.1) is 33.3 Å². The first-order valence-electron chi connectivity index (χ1n) is 6.45. The maximum atomic E-state index is 10.9. The molecule has 0 atom stereocenters. The highest BCUT2D eigenvalue weighted by Crippen LogP contribution is 2.35. The molecule has 2 aromatic carbocycles. The van der Waals surface area contributed by atoms with E-state index in [0.717, 1.165) is 14.5 Å². The second-order valence-corrected chi connectivity index (χ2v) is 6.28. The molecule has 0 saturated carbocycles. The molecule has 23 heavy (non-hydrogen) atoms. The number of rotatable bonds is 4. The monoisotopic (exact) mass is 435 g/mol. The number of allylic oxidation sites excluding steroid dienone is 1. The molecule has 0 aliphatic heterocycles. The third kappa shape index (κ3) is 4.01. The summed E-state index contributed by atoms with van der Waals surface area (Å²) < 4.78 is 6.77. The van der Waals surface area contributed by atoms with Crippen LogP contribution in [0.25, 0.3) is 11.6 Å². The first-order valence-corrected chi connectivity index (χ1v) is 8.03. The molecule has 0 unspecified atom stereocenters. The highest BCUT2D eigenvalue weighted by Gasteiger charge is 2.09. The van der Waals surface area contributed by atoms with Gasteiger partial charge in [0, 0.05) is 0 Å². The van der Waals surface area contributed by atoms with Crippen molar-refractivity contribution in [1.82, 2.24) is 0 Å². The summed E-state index contributed by atoms with van der Waals surface area (Å²) in [6.45, 7) is 0. The smallest absolute Gasteiger partial charge is 0.335 e. The van der Waals surface area contributed by atoms with Crippen LogP contribution in [0.3, 0.4) is 0 Å². The zero-order valence-electron chi connectivity index (χ0n) is 12.0. The van der Waals surface area contributed by atoms with Gasteiger partial charge in [-0.25, -0.2) is 4.79 Å². The van der Waals surface area contributed by atoms with Crippen LogP contribution >= 0.6 is 31.9 Å². The number of ether oxygens (including phenoxy) is 1. The van der Waals surface area contributed by atoms with E-state index in [4.69, 9.17) is 9.84 Å². The SMILES string of the molecule is COc1c(Br)cc(/C=C(/C#N)c2ccc(C(=O)O)cc2)cc1Br. The van der Waals surface area contributed by atoms with Crippen LogP contribution in [0.15, 0.2) is 45.3 Å². The number of carboxylic acid groups (broad SMARTS) is 1. The Morgan fingerprint density at radius 3 is 2.13 bits per heavy atom. The topological polar surface area (TPSA) is 70.3 Å². The third-order valence-corrected chi connectivity index (χ3v) is 4.28. The molecular formula is C17H11Br2NO3. The van der Waals surface area contributed by atoms with Crippen LogP contribution in [0.5, 0.6) is 5.75 Å². The average Bonchev–Trinajstić information content (AvgIpc) is 2.52. The molecule has 0 heterocycles.